The number of ether oxygens (including phenoxy) is 1. The van der Waals surface area contributed by atoms with Crippen molar-refractivity contribution in [2.45, 2.75) is 32.6 Å². The molecular weight excluding hydrogens is 260 g/mol. The summed E-state index contributed by atoms with van der Waals surface area (Å²) in [5.74, 6) is 1.23. The number of benzene rings is 2. The minimum atomic E-state index is 0.342. The molecule has 0 radical (unpaired) electrons. The van der Waals surface area contributed by atoms with Gasteiger partial charge in [-0.05, 0) is 48.1 Å². The summed E-state index contributed by atoms with van der Waals surface area (Å²) in [6.07, 6.45) is 2.88. The molecular formula is C19H22O2. The molecule has 2 heteroatoms. The zero-order valence-corrected chi connectivity index (χ0v) is 12.7. The summed E-state index contributed by atoms with van der Waals surface area (Å²) in [6, 6.07) is 16.1. The maximum atomic E-state index is 10.9. The predicted octanol–water partition coefficient (Wildman–Crippen LogP) is 4.63. The summed E-state index contributed by atoms with van der Waals surface area (Å²) in [5, 5.41) is 0. The largest absolute Gasteiger partial charge is 0.493 e. The van der Waals surface area contributed by atoms with Gasteiger partial charge in [0, 0.05) is 5.56 Å². The third-order valence-corrected chi connectivity index (χ3v) is 3.50. The van der Waals surface area contributed by atoms with Gasteiger partial charge in [-0.3, -0.25) is 4.79 Å². The van der Waals surface area contributed by atoms with Crippen LogP contribution in [0, 0.1) is 0 Å². The molecule has 0 heterocycles. The summed E-state index contributed by atoms with van der Waals surface area (Å²) >= 11 is 0. The van der Waals surface area contributed by atoms with Gasteiger partial charge in [0.25, 0.3) is 0 Å². The molecule has 0 amide bonds. The van der Waals surface area contributed by atoms with E-state index in [-0.39, 0.29) is 0 Å². The van der Waals surface area contributed by atoms with E-state index in [1.807, 2.05) is 24.3 Å². The smallest absolute Gasteiger partial charge is 0.150 e. The highest BCUT2D eigenvalue weighted by Gasteiger charge is 2.09. The Morgan fingerprint density at radius 3 is 2.52 bits per heavy atom. The van der Waals surface area contributed by atoms with E-state index in [1.54, 1.807) is 0 Å². The topological polar surface area (TPSA) is 26.3 Å². The Balaban J connectivity index is 1.92. The minimum absolute atomic E-state index is 0.342. The van der Waals surface area contributed by atoms with Gasteiger partial charge in [0.15, 0.2) is 0 Å². The van der Waals surface area contributed by atoms with Gasteiger partial charge in [-0.1, -0.05) is 44.2 Å². The van der Waals surface area contributed by atoms with Crippen molar-refractivity contribution in [2.24, 2.45) is 0 Å². The first-order valence-corrected chi connectivity index (χ1v) is 7.46. The summed E-state index contributed by atoms with van der Waals surface area (Å²) in [4.78, 5) is 10.9. The third kappa shape index (κ3) is 4.45. The number of carbonyl (C=O) groups is 1. The molecule has 0 saturated heterocycles. The molecule has 0 saturated carbocycles. The molecule has 0 unspecified atom stereocenters. The van der Waals surface area contributed by atoms with Crippen molar-refractivity contribution in [1.29, 1.82) is 0 Å². The monoisotopic (exact) mass is 282 g/mol. The Bertz CT molecular complexity index is 573. The molecule has 110 valence electrons. The van der Waals surface area contributed by atoms with Gasteiger partial charge in [0.2, 0.25) is 0 Å². The maximum Gasteiger partial charge on any atom is 0.150 e. The molecule has 0 fully saturated rings. The number of carbonyl (C=O) groups excluding carboxylic acids is 1. The first kappa shape index (κ1) is 15.3. The average molecular weight is 282 g/mol. The molecule has 0 aliphatic carbocycles. The van der Waals surface area contributed by atoms with E-state index in [0.29, 0.717) is 18.1 Å². The number of aldehydes is 1. The van der Waals surface area contributed by atoms with Gasteiger partial charge < -0.3 is 4.74 Å². The summed E-state index contributed by atoms with van der Waals surface area (Å²) in [7, 11) is 0. The molecule has 0 bridgehead atoms. The molecule has 2 aromatic rings. The van der Waals surface area contributed by atoms with E-state index < -0.39 is 0 Å². The molecule has 0 aliphatic heterocycles. The van der Waals surface area contributed by atoms with E-state index in [2.05, 4.69) is 38.1 Å². The quantitative estimate of drug-likeness (QED) is 0.546. The first-order valence-electron chi connectivity index (χ1n) is 7.46. The van der Waals surface area contributed by atoms with E-state index in [4.69, 9.17) is 4.74 Å². The van der Waals surface area contributed by atoms with Crippen LogP contribution in [0.4, 0.5) is 0 Å². The molecule has 0 atom stereocenters. The second-order valence-corrected chi connectivity index (χ2v) is 5.51. The van der Waals surface area contributed by atoms with Crippen LogP contribution >= 0.6 is 0 Å². The lowest BCUT2D eigenvalue weighted by Crippen LogP contribution is -2.03. The Labute approximate surface area is 126 Å². The number of hydrogen-bond donors (Lipinski definition) is 0. The van der Waals surface area contributed by atoms with Crippen LogP contribution in [-0.4, -0.2) is 12.9 Å². The van der Waals surface area contributed by atoms with Crippen molar-refractivity contribution >= 4 is 6.29 Å². The van der Waals surface area contributed by atoms with Crippen LogP contribution in [0.2, 0.25) is 0 Å². The number of aryl methyl sites for hydroxylation is 1. The molecule has 21 heavy (non-hydrogen) atoms. The molecule has 0 N–H and O–H groups in total. The van der Waals surface area contributed by atoms with Crippen LogP contribution in [0.3, 0.4) is 0 Å². The Hall–Kier alpha value is -2.09. The second kappa shape index (κ2) is 7.63. The summed E-state index contributed by atoms with van der Waals surface area (Å²) < 4.78 is 5.90. The number of hydrogen-bond acceptors (Lipinski definition) is 2. The maximum absolute atomic E-state index is 10.9. The van der Waals surface area contributed by atoms with Gasteiger partial charge in [-0.15, -0.1) is 0 Å². The zero-order chi connectivity index (χ0) is 15.1. The fraction of sp³-hybridized carbons (Fsp3) is 0.316. The van der Waals surface area contributed by atoms with Crippen molar-refractivity contribution in [1.82, 2.24) is 0 Å². The van der Waals surface area contributed by atoms with Crippen molar-refractivity contribution in [2.75, 3.05) is 6.61 Å². The van der Waals surface area contributed by atoms with Gasteiger partial charge in [0.05, 0.1) is 6.61 Å². The number of rotatable bonds is 7. The van der Waals surface area contributed by atoms with Crippen molar-refractivity contribution in [3.8, 4) is 5.75 Å². The highest BCUT2D eigenvalue weighted by atomic mass is 16.5. The van der Waals surface area contributed by atoms with Crippen LogP contribution < -0.4 is 4.74 Å². The SMILES string of the molecule is CC(C)c1cc(C=O)ccc1OCCCc1ccccc1. The highest BCUT2D eigenvalue weighted by Crippen LogP contribution is 2.27. The molecule has 2 rings (SSSR count). The van der Waals surface area contributed by atoms with Crippen LogP contribution in [-0.2, 0) is 6.42 Å². The zero-order valence-electron chi connectivity index (χ0n) is 12.7. The fourth-order valence-electron chi connectivity index (χ4n) is 2.33. The fourth-order valence-corrected chi connectivity index (χ4v) is 2.33. The molecule has 0 spiro atoms. The molecule has 2 aromatic carbocycles. The lowest BCUT2D eigenvalue weighted by Gasteiger charge is -2.14. The Kier molecular flexibility index (Phi) is 5.56. The minimum Gasteiger partial charge on any atom is -0.493 e. The first-order chi connectivity index (χ1) is 10.2. The van der Waals surface area contributed by atoms with E-state index in [1.165, 1.54) is 5.56 Å². The van der Waals surface area contributed by atoms with E-state index in [9.17, 15) is 4.79 Å². The van der Waals surface area contributed by atoms with Gasteiger partial charge in [-0.2, -0.15) is 0 Å². The molecule has 0 aromatic heterocycles. The summed E-state index contributed by atoms with van der Waals surface area (Å²) in [5.41, 5.74) is 3.14. The van der Waals surface area contributed by atoms with Gasteiger partial charge >= 0.3 is 0 Å². The Morgan fingerprint density at radius 2 is 1.86 bits per heavy atom. The second-order valence-electron chi connectivity index (χ2n) is 5.51. The average Bonchev–Trinajstić information content (AvgIpc) is 2.52. The van der Waals surface area contributed by atoms with Crippen LogP contribution in [0.15, 0.2) is 48.5 Å². The lowest BCUT2D eigenvalue weighted by atomic mass is 10.00. The molecule has 0 aliphatic rings. The Morgan fingerprint density at radius 1 is 1.10 bits per heavy atom. The van der Waals surface area contributed by atoms with Gasteiger partial charge in [-0.25, -0.2) is 0 Å². The standard InChI is InChI=1S/C19H22O2/c1-15(2)18-13-17(14-20)10-11-19(18)21-12-6-9-16-7-4-3-5-8-16/h3-5,7-8,10-11,13-15H,6,9,12H2,1-2H3. The predicted molar refractivity (Wildman–Crippen MR) is 86.2 cm³/mol. The van der Waals surface area contributed by atoms with Crippen LogP contribution in [0.5, 0.6) is 5.75 Å². The van der Waals surface area contributed by atoms with Crippen LogP contribution in [0.1, 0.15) is 47.7 Å². The highest BCUT2D eigenvalue weighted by molar-refractivity contribution is 5.75. The molecule has 2 nitrogen and oxygen atoms in total. The van der Waals surface area contributed by atoms with E-state index >= 15 is 0 Å². The van der Waals surface area contributed by atoms with Crippen LogP contribution in [0.25, 0.3) is 0 Å². The third-order valence-electron chi connectivity index (χ3n) is 3.50. The van der Waals surface area contributed by atoms with E-state index in [0.717, 1.165) is 30.4 Å². The van der Waals surface area contributed by atoms with Crippen molar-refractivity contribution in [3.05, 3.63) is 65.2 Å². The van der Waals surface area contributed by atoms with Crippen molar-refractivity contribution < 1.29 is 9.53 Å². The van der Waals surface area contributed by atoms with Crippen molar-refractivity contribution in [3.63, 3.8) is 0 Å². The summed E-state index contributed by atoms with van der Waals surface area (Å²) in [6.45, 7) is 4.91. The lowest BCUT2D eigenvalue weighted by molar-refractivity contribution is 0.112. The van der Waals surface area contributed by atoms with Gasteiger partial charge in [0.1, 0.15) is 12.0 Å². The normalized spacial score (nSPS) is 10.6.